The maximum atomic E-state index is 12.1. The Labute approximate surface area is 213 Å². The van der Waals surface area contributed by atoms with Gasteiger partial charge in [-0.05, 0) is 19.3 Å². The Balaban J connectivity index is 1.30. The van der Waals surface area contributed by atoms with Crippen LogP contribution in [0.2, 0.25) is 0 Å². The van der Waals surface area contributed by atoms with E-state index in [2.05, 4.69) is 10.6 Å². The standard InChI is InChI=1S/C24H43N3O7S/c1-25-22(29)9-11-32-13-15-34-17-16-33-14-12-31-10-5-7-19(28)6-3-4-8-21-23-20(18-35-21)26-24(30)27(23)2/h20-21,23H,3-18H2,1-2H3,(H,25,29)(H,26,30)/t20-,21-,23-/m0/s1. The van der Waals surface area contributed by atoms with Gasteiger partial charge in [-0.15, -0.1) is 0 Å². The second-order valence-corrected chi connectivity index (χ2v) is 10.1. The van der Waals surface area contributed by atoms with Crippen LogP contribution in [0.5, 0.6) is 0 Å². The highest BCUT2D eigenvalue weighted by atomic mass is 32.2. The largest absolute Gasteiger partial charge is 0.379 e. The molecular weight excluding hydrogens is 474 g/mol. The van der Waals surface area contributed by atoms with Gasteiger partial charge in [0.15, 0.2) is 0 Å². The van der Waals surface area contributed by atoms with E-state index in [1.54, 1.807) is 7.05 Å². The number of unbranched alkanes of at least 4 members (excludes halogenated alkanes) is 1. The number of likely N-dealkylation sites (N-methyl/N-ethyl adjacent to an activating group) is 1. The third-order valence-corrected chi connectivity index (χ3v) is 7.66. The Morgan fingerprint density at radius 3 is 2.17 bits per heavy atom. The number of fused-ring (bicyclic) bond motifs is 1. The van der Waals surface area contributed by atoms with E-state index in [1.807, 2.05) is 23.7 Å². The molecule has 11 heteroatoms. The SMILES string of the molecule is CNC(=O)CCOCCOCCOCCOCCCC(=O)CCCC[C@@H]1SC[C@@H]2NC(=O)N(C)[C@@H]21. The van der Waals surface area contributed by atoms with E-state index < -0.39 is 0 Å². The molecule has 3 amide bonds. The highest BCUT2D eigenvalue weighted by Crippen LogP contribution is 2.36. The Bertz CT molecular complexity index is 640. The van der Waals surface area contributed by atoms with Gasteiger partial charge >= 0.3 is 6.03 Å². The van der Waals surface area contributed by atoms with Crippen molar-refractivity contribution >= 4 is 29.5 Å². The summed E-state index contributed by atoms with van der Waals surface area (Å²) in [7, 11) is 3.48. The van der Waals surface area contributed by atoms with E-state index in [9.17, 15) is 14.4 Å². The van der Waals surface area contributed by atoms with Crippen molar-refractivity contribution in [1.82, 2.24) is 15.5 Å². The van der Waals surface area contributed by atoms with Gasteiger partial charge in [0.1, 0.15) is 5.78 Å². The number of thioether (sulfide) groups is 1. The molecule has 2 heterocycles. The number of carbonyl (C=O) groups is 3. The number of hydrogen-bond donors (Lipinski definition) is 2. The van der Waals surface area contributed by atoms with Gasteiger partial charge in [0.2, 0.25) is 5.91 Å². The highest BCUT2D eigenvalue weighted by molar-refractivity contribution is 8.00. The lowest BCUT2D eigenvalue weighted by molar-refractivity contribution is -0.122. The van der Waals surface area contributed by atoms with Crippen molar-refractivity contribution in [3.8, 4) is 0 Å². The van der Waals surface area contributed by atoms with Crippen molar-refractivity contribution in [2.24, 2.45) is 0 Å². The lowest BCUT2D eigenvalue weighted by Crippen LogP contribution is -2.38. The summed E-state index contributed by atoms with van der Waals surface area (Å²) in [6.07, 6.45) is 5.27. The highest BCUT2D eigenvalue weighted by Gasteiger charge is 2.46. The van der Waals surface area contributed by atoms with Crippen LogP contribution < -0.4 is 10.6 Å². The molecule has 2 fully saturated rings. The predicted molar refractivity (Wildman–Crippen MR) is 135 cm³/mol. The average molecular weight is 518 g/mol. The molecule has 0 aromatic carbocycles. The van der Waals surface area contributed by atoms with Crippen molar-refractivity contribution in [3.05, 3.63) is 0 Å². The topological polar surface area (TPSA) is 115 Å². The molecule has 0 saturated carbocycles. The molecule has 0 aromatic rings. The first-order valence-electron chi connectivity index (χ1n) is 12.7. The molecule has 0 bridgehead atoms. The maximum absolute atomic E-state index is 12.1. The minimum absolute atomic E-state index is 0.0354. The second kappa shape index (κ2) is 17.9. The Kier molecular flexibility index (Phi) is 15.3. The minimum atomic E-state index is -0.0354. The Morgan fingerprint density at radius 1 is 0.914 bits per heavy atom. The third-order valence-electron chi connectivity index (χ3n) is 6.17. The van der Waals surface area contributed by atoms with Crippen LogP contribution >= 0.6 is 11.8 Å². The van der Waals surface area contributed by atoms with Crippen molar-refractivity contribution in [3.63, 3.8) is 0 Å². The minimum Gasteiger partial charge on any atom is -0.379 e. The average Bonchev–Trinajstić information content (AvgIpc) is 3.37. The first-order chi connectivity index (χ1) is 17.0. The lowest BCUT2D eigenvalue weighted by Gasteiger charge is -2.23. The van der Waals surface area contributed by atoms with Crippen LogP contribution in [0, 0.1) is 0 Å². The molecule has 2 rings (SSSR count). The first kappa shape index (κ1) is 29.8. The number of nitrogens with one attached hydrogen (secondary N) is 2. The van der Waals surface area contributed by atoms with E-state index in [-0.39, 0.29) is 18.0 Å². The van der Waals surface area contributed by atoms with Crippen LogP contribution in [0.4, 0.5) is 4.79 Å². The number of amides is 3. The van der Waals surface area contributed by atoms with Crippen LogP contribution in [0.25, 0.3) is 0 Å². The van der Waals surface area contributed by atoms with E-state index in [1.165, 1.54) is 0 Å². The molecule has 0 aliphatic carbocycles. The fourth-order valence-corrected chi connectivity index (χ4v) is 5.83. The molecule has 0 aromatic heterocycles. The zero-order valence-corrected chi connectivity index (χ0v) is 22.1. The molecule has 10 nitrogen and oxygen atoms in total. The molecule has 2 saturated heterocycles. The molecule has 2 aliphatic rings. The molecule has 0 radical (unpaired) electrons. The van der Waals surface area contributed by atoms with Crippen molar-refractivity contribution in [2.75, 3.05) is 72.7 Å². The summed E-state index contributed by atoms with van der Waals surface area (Å²) in [6, 6.07) is 0.613. The second-order valence-electron chi connectivity index (χ2n) is 8.79. The Hall–Kier alpha value is -1.40. The van der Waals surface area contributed by atoms with Gasteiger partial charge < -0.3 is 34.5 Å². The van der Waals surface area contributed by atoms with E-state index in [0.29, 0.717) is 89.2 Å². The summed E-state index contributed by atoms with van der Waals surface area (Å²) in [5, 5.41) is 6.05. The number of hydrogen-bond acceptors (Lipinski definition) is 8. The van der Waals surface area contributed by atoms with Crippen molar-refractivity contribution in [1.29, 1.82) is 0 Å². The monoisotopic (exact) mass is 517 g/mol. The quantitative estimate of drug-likeness (QED) is 0.174. The summed E-state index contributed by atoms with van der Waals surface area (Å²) in [5.41, 5.74) is 0. The summed E-state index contributed by atoms with van der Waals surface area (Å²) in [6.45, 7) is 3.86. The first-order valence-corrected chi connectivity index (χ1v) is 13.8. The van der Waals surface area contributed by atoms with Crippen molar-refractivity contribution < 1.29 is 33.3 Å². The molecule has 0 unspecified atom stereocenters. The molecule has 2 aliphatic heterocycles. The summed E-state index contributed by atoms with van der Waals surface area (Å²) in [4.78, 5) is 36.7. The maximum Gasteiger partial charge on any atom is 0.317 e. The molecule has 2 N–H and O–H groups in total. The third kappa shape index (κ3) is 11.9. The van der Waals surface area contributed by atoms with Gasteiger partial charge in [-0.1, -0.05) is 6.42 Å². The van der Waals surface area contributed by atoms with Gasteiger partial charge in [0.25, 0.3) is 0 Å². The summed E-state index contributed by atoms with van der Waals surface area (Å²) in [5.74, 6) is 1.25. The zero-order chi connectivity index (χ0) is 25.3. The van der Waals surface area contributed by atoms with Crippen LogP contribution in [0.3, 0.4) is 0 Å². The fourth-order valence-electron chi connectivity index (χ4n) is 4.20. The number of carbonyl (C=O) groups excluding carboxylic acids is 3. The Morgan fingerprint density at radius 2 is 1.51 bits per heavy atom. The zero-order valence-electron chi connectivity index (χ0n) is 21.3. The number of ether oxygens (including phenoxy) is 4. The number of rotatable bonds is 21. The van der Waals surface area contributed by atoms with Crippen LogP contribution in [-0.2, 0) is 28.5 Å². The van der Waals surface area contributed by atoms with E-state index >= 15 is 0 Å². The number of Topliss-reactive ketones (excluding diaryl/α,β-unsaturated/α-hetero) is 1. The van der Waals surface area contributed by atoms with Crippen LogP contribution in [0.15, 0.2) is 0 Å². The van der Waals surface area contributed by atoms with Gasteiger partial charge in [-0.3, -0.25) is 9.59 Å². The molecular formula is C24H43N3O7S. The number of ketones is 1. The molecule has 3 atom stereocenters. The normalized spacial score (nSPS) is 21.3. The molecule has 202 valence electrons. The summed E-state index contributed by atoms with van der Waals surface area (Å²) >= 11 is 1.94. The van der Waals surface area contributed by atoms with Gasteiger partial charge in [0, 0.05) is 51.0 Å². The molecule has 35 heavy (non-hydrogen) atoms. The smallest absolute Gasteiger partial charge is 0.317 e. The van der Waals surface area contributed by atoms with Gasteiger partial charge in [-0.25, -0.2) is 4.79 Å². The van der Waals surface area contributed by atoms with Gasteiger partial charge in [0.05, 0.1) is 58.3 Å². The fraction of sp³-hybridized carbons (Fsp3) is 0.875. The van der Waals surface area contributed by atoms with E-state index in [4.69, 9.17) is 18.9 Å². The molecule has 0 spiro atoms. The van der Waals surface area contributed by atoms with Crippen LogP contribution in [0.1, 0.15) is 44.9 Å². The predicted octanol–water partition coefficient (Wildman–Crippen LogP) is 1.61. The number of nitrogens with zero attached hydrogens (tertiary/aromatic N) is 1. The van der Waals surface area contributed by atoms with E-state index in [0.717, 1.165) is 31.4 Å². The van der Waals surface area contributed by atoms with Crippen LogP contribution in [-0.4, -0.2) is 113 Å². The summed E-state index contributed by atoms with van der Waals surface area (Å²) < 4.78 is 21.6. The van der Waals surface area contributed by atoms with Gasteiger partial charge in [-0.2, -0.15) is 11.8 Å². The van der Waals surface area contributed by atoms with Crippen molar-refractivity contribution in [2.45, 2.75) is 62.3 Å². The lowest BCUT2D eigenvalue weighted by atomic mass is 10.0. The number of urea groups is 1.